The van der Waals surface area contributed by atoms with E-state index in [4.69, 9.17) is 0 Å². The van der Waals surface area contributed by atoms with E-state index in [-0.39, 0.29) is 35.4 Å². The highest BCUT2D eigenvalue weighted by molar-refractivity contribution is 7.92. The Hall–Kier alpha value is -2.96. The Bertz CT molecular complexity index is 1470. The molecular weight excluding hydrogens is 570 g/mol. The molecular formula is C27H23F8NO3S. The van der Waals surface area contributed by atoms with E-state index in [0.29, 0.717) is 30.5 Å². The van der Waals surface area contributed by atoms with Gasteiger partial charge in [0.25, 0.3) is 0 Å². The van der Waals surface area contributed by atoms with E-state index in [0.717, 1.165) is 36.8 Å². The van der Waals surface area contributed by atoms with Crippen molar-refractivity contribution in [2.45, 2.75) is 59.8 Å². The summed E-state index contributed by atoms with van der Waals surface area (Å²) in [7, 11) is -4.50. The third-order valence-corrected chi connectivity index (χ3v) is 10.8. The monoisotopic (exact) mass is 593 g/mol. The number of alkyl halides is 7. The normalized spacial score (nSPS) is 23.6. The van der Waals surface area contributed by atoms with Gasteiger partial charge in [-0.2, -0.15) is 26.3 Å². The summed E-state index contributed by atoms with van der Waals surface area (Å²) in [5, 5.41) is 0. The van der Waals surface area contributed by atoms with Gasteiger partial charge < -0.3 is 4.90 Å². The summed E-state index contributed by atoms with van der Waals surface area (Å²) < 4.78 is 136. The standard InChI is InChI=1S/C27H23F8NO3S/c28-20-8-10-21(11-9-20)40(38,39)24-15-36(23(37)16-3-1-2-4-16)14-19(24)6-5-17-13-18(7-12-22(17)24)25(29,26(30,31)32)27(33,34)35/h3,7-13,19H,1-2,4-6,14-15H2. The van der Waals surface area contributed by atoms with E-state index in [1.165, 1.54) is 4.90 Å². The molecule has 1 saturated heterocycles. The van der Waals surface area contributed by atoms with Crippen LogP contribution in [0, 0.1) is 11.7 Å². The summed E-state index contributed by atoms with van der Waals surface area (Å²) in [4.78, 5) is 14.3. The zero-order valence-electron chi connectivity index (χ0n) is 20.7. The van der Waals surface area contributed by atoms with Gasteiger partial charge in [-0.15, -0.1) is 0 Å². The maximum absolute atomic E-state index is 14.9. The van der Waals surface area contributed by atoms with Crippen LogP contribution in [0.3, 0.4) is 0 Å². The number of hydrogen-bond donors (Lipinski definition) is 0. The van der Waals surface area contributed by atoms with Crippen molar-refractivity contribution in [2.75, 3.05) is 13.1 Å². The van der Waals surface area contributed by atoms with Gasteiger partial charge in [-0.25, -0.2) is 17.2 Å². The third kappa shape index (κ3) is 4.06. The van der Waals surface area contributed by atoms with Crippen molar-refractivity contribution < 1.29 is 48.3 Å². The number of carbonyl (C=O) groups is 1. The lowest BCUT2D eigenvalue weighted by atomic mass is 9.75. The minimum Gasteiger partial charge on any atom is -0.337 e. The molecule has 3 aliphatic rings. The minimum atomic E-state index is -6.33. The molecule has 40 heavy (non-hydrogen) atoms. The predicted octanol–water partition coefficient (Wildman–Crippen LogP) is 6.30. The summed E-state index contributed by atoms with van der Waals surface area (Å²) in [6.07, 6.45) is -9.15. The van der Waals surface area contributed by atoms with Crippen molar-refractivity contribution >= 4 is 15.7 Å². The number of rotatable bonds is 4. The number of carbonyl (C=O) groups excluding carboxylic acids is 1. The first-order valence-electron chi connectivity index (χ1n) is 12.5. The lowest BCUT2D eigenvalue weighted by Crippen LogP contribution is -2.51. The molecule has 5 rings (SSSR count). The number of allylic oxidation sites excluding steroid dienone is 1. The lowest BCUT2D eigenvalue weighted by molar-refractivity contribution is -0.348. The Kier molecular flexibility index (Phi) is 6.63. The number of sulfone groups is 1. The fourth-order valence-corrected chi connectivity index (χ4v) is 8.62. The second-order valence-electron chi connectivity index (χ2n) is 10.4. The van der Waals surface area contributed by atoms with Gasteiger partial charge in [0.15, 0.2) is 9.84 Å². The van der Waals surface area contributed by atoms with Crippen molar-refractivity contribution in [2.24, 2.45) is 5.92 Å². The number of likely N-dealkylation sites (tertiary alicyclic amines) is 1. The molecule has 1 amide bonds. The molecule has 2 unspecified atom stereocenters. The highest BCUT2D eigenvalue weighted by Crippen LogP contribution is 2.56. The Morgan fingerprint density at radius 1 is 0.925 bits per heavy atom. The second kappa shape index (κ2) is 9.28. The summed E-state index contributed by atoms with van der Waals surface area (Å²) >= 11 is 0. The number of halogens is 8. The Morgan fingerprint density at radius 2 is 1.57 bits per heavy atom. The zero-order valence-corrected chi connectivity index (χ0v) is 21.6. The van der Waals surface area contributed by atoms with Crippen molar-refractivity contribution in [3.63, 3.8) is 0 Å². The number of hydrogen-bond acceptors (Lipinski definition) is 3. The van der Waals surface area contributed by atoms with Crippen molar-refractivity contribution in [1.82, 2.24) is 4.90 Å². The minimum absolute atomic E-state index is 0.00295. The third-order valence-electron chi connectivity index (χ3n) is 8.23. The predicted molar refractivity (Wildman–Crippen MR) is 127 cm³/mol. The fraction of sp³-hybridized carbons (Fsp3) is 0.444. The second-order valence-corrected chi connectivity index (χ2v) is 12.6. The number of amides is 1. The molecule has 0 saturated carbocycles. The Morgan fingerprint density at radius 3 is 2.15 bits per heavy atom. The van der Waals surface area contributed by atoms with Crippen LogP contribution in [0.25, 0.3) is 0 Å². The van der Waals surface area contributed by atoms with Gasteiger partial charge in [0.05, 0.1) is 4.90 Å². The quantitative estimate of drug-likeness (QED) is 0.309. The topological polar surface area (TPSA) is 54.5 Å². The molecule has 0 bridgehead atoms. The first-order valence-corrected chi connectivity index (χ1v) is 14.0. The van der Waals surface area contributed by atoms with Gasteiger partial charge in [-0.3, -0.25) is 4.79 Å². The molecule has 2 atom stereocenters. The molecule has 0 spiro atoms. The zero-order chi connectivity index (χ0) is 29.3. The van der Waals surface area contributed by atoms with Crippen LogP contribution in [0.4, 0.5) is 35.1 Å². The van der Waals surface area contributed by atoms with Crippen LogP contribution in [0.2, 0.25) is 0 Å². The van der Waals surface area contributed by atoms with E-state index in [1.54, 1.807) is 6.08 Å². The summed E-state index contributed by atoms with van der Waals surface area (Å²) in [5.41, 5.74) is -7.17. The van der Waals surface area contributed by atoms with Crippen LogP contribution < -0.4 is 0 Å². The number of benzene rings is 2. The van der Waals surface area contributed by atoms with Crippen LogP contribution in [0.1, 0.15) is 42.4 Å². The molecule has 1 heterocycles. The SMILES string of the molecule is O=C(C1=CCCC1)N1CC2CCc3cc(C(F)(C(F)(F)F)C(F)(F)F)ccc3C2(S(=O)(=O)c2ccc(F)cc2)C1. The fourth-order valence-electron chi connectivity index (χ4n) is 6.26. The van der Waals surface area contributed by atoms with Crippen molar-refractivity contribution in [3.05, 3.63) is 76.6 Å². The maximum Gasteiger partial charge on any atom is 0.435 e. The first-order chi connectivity index (χ1) is 18.5. The lowest BCUT2D eigenvalue weighted by Gasteiger charge is -2.40. The van der Waals surface area contributed by atoms with Crippen LogP contribution in [-0.2, 0) is 31.5 Å². The van der Waals surface area contributed by atoms with Crippen LogP contribution >= 0.6 is 0 Å². The molecule has 216 valence electrons. The Balaban J connectivity index is 1.69. The summed E-state index contributed by atoms with van der Waals surface area (Å²) in [6, 6.07) is 5.40. The molecule has 0 N–H and O–H groups in total. The highest BCUT2D eigenvalue weighted by atomic mass is 32.2. The van der Waals surface area contributed by atoms with Gasteiger partial charge in [-0.1, -0.05) is 24.3 Å². The average molecular weight is 594 g/mol. The highest BCUT2D eigenvalue weighted by Gasteiger charge is 2.73. The number of fused-ring (bicyclic) bond motifs is 3. The van der Waals surface area contributed by atoms with E-state index in [1.807, 2.05) is 0 Å². The molecule has 0 aromatic heterocycles. The maximum atomic E-state index is 14.9. The van der Waals surface area contributed by atoms with E-state index < -0.39 is 62.4 Å². The smallest absolute Gasteiger partial charge is 0.337 e. The number of nitrogens with zero attached hydrogens (tertiary/aromatic N) is 1. The number of aryl methyl sites for hydroxylation is 1. The van der Waals surface area contributed by atoms with Crippen LogP contribution in [0.15, 0.2) is 59.0 Å². The van der Waals surface area contributed by atoms with E-state index in [9.17, 15) is 48.3 Å². The molecule has 1 aliphatic heterocycles. The van der Waals surface area contributed by atoms with Gasteiger partial charge in [-0.05, 0) is 67.5 Å². The van der Waals surface area contributed by atoms with Gasteiger partial charge in [0, 0.05) is 30.1 Å². The van der Waals surface area contributed by atoms with Crippen LogP contribution in [0.5, 0.6) is 0 Å². The van der Waals surface area contributed by atoms with Gasteiger partial charge >= 0.3 is 18.0 Å². The summed E-state index contributed by atoms with van der Waals surface area (Å²) in [5.74, 6) is -1.89. The van der Waals surface area contributed by atoms with Crippen molar-refractivity contribution in [3.8, 4) is 0 Å². The Labute approximate surface area is 224 Å². The molecule has 13 heteroatoms. The van der Waals surface area contributed by atoms with Gasteiger partial charge in [0.2, 0.25) is 5.91 Å². The van der Waals surface area contributed by atoms with E-state index in [2.05, 4.69) is 0 Å². The largest absolute Gasteiger partial charge is 0.435 e. The molecule has 0 radical (unpaired) electrons. The molecule has 2 aromatic rings. The molecule has 2 aliphatic carbocycles. The average Bonchev–Trinajstić information content (AvgIpc) is 3.55. The summed E-state index contributed by atoms with van der Waals surface area (Å²) in [6.45, 7) is -0.435. The first kappa shape index (κ1) is 28.6. The molecule has 1 fully saturated rings. The van der Waals surface area contributed by atoms with Crippen LogP contribution in [-0.4, -0.2) is 44.7 Å². The van der Waals surface area contributed by atoms with Crippen molar-refractivity contribution in [1.29, 1.82) is 0 Å². The molecule has 4 nitrogen and oxygen atoms in total. The molecule has 2 aromatic carbocycles. The van der Waals surface area contributed by atoms with E-state index >= 15 is 0 Å². The van der Waals surface area contributed by atoms with Gasteiger partial charge in [0.1, 0.15) is 10.6 Å².